The number of benzene rings is 1. The van der Waals surface area contributed by atoms with Crippen LogP contribution in [0.15, 0.2) is 24.3 Å². The molecule has 0 aliphatic heterocycles. The summed E-state index contributed by atoms with van der Waals surface area (Å²) < 4.78 is 6.13. The van der Waals surface area contributed by atoms with E-state index in [4.69, 9.17) is 9.84 Å². The summed E-state index contributed by atoms with van der Waals surface area (Å²) in [6, 6.07) is 8.15. The molecular weight excluding hydrogens is 272 g/mol. The van der Waals surface area contributed by atoms with Crippen LogP contribution in [0.25, 0.3) is 10.1 Å². The van der Waals surface area contributed by atoms with Crippen molar-refractivity contribution in [2.45, 2.75) is 32.6 Å². The lowest BCUT2D eigenvalue weighted by Crippen LogP contribution is -2.01. The second-order valence-corrected chi connectivity index (χ2v) is 5.83. The molecular formula is C16H20O3S. The Morgan fingerprint density at radius 3 is 2.80 bits per heavy atom. The van der Waals surface area contributed by atoms with E-state index in [1.807, 2.05) is 19.1 Å². The number of aliphatic hydroxyl groups is 1. The molecule has 0 saturated carbocycles. The Bertz CT molecular complexity index is 588. The maximum Gasteiger partial charge on any atom is 0.348 e. The van der Waals surface area contributed by atoms with Gasteiger partial charge in [-0.15, -0.1) is 11.3 Å². The van der Waals surface area contributed by atoms with E-state index in [0.717, 1.165) is 22.9 Å². The van der Waals surface area contributed by atoms with E-state index >= 15 is 0 Å². The predicted octanol–water partition coefficient (Wildman–Crippen LogP) is 3.95. The zero-order valence-electron chi connectivity index (χ0n) is 11.9. The number of ether oxygens (including phenoxy) is 1. The highest BCUT2D eigenvalue weighted by Gasteiger charge is 2.14. The molecule has 0 saturated heterocycles. The van der Waals surface area contributed by atoms with Gasteiger partial charge in [0, 0.05) is 11.3 Å². The number of carbonyl (C=O) groups excluding carboxylic acids is 1. The van der Waals surface area contributed by atoms with Gasteiger partial charge in [-0.05, 0) is 48.8 Å². The lowest BCUT2D eigenvalue weighted by atomic mass is 9.93. The van der Waals surface area contributed by atoms with Crippen LogP contribution in [0.3, 0.4) is 0 Å². The van der Waals surface area contributed by atoms with E-state index in [9.17, 15) is 4.79 Å². The molecule has 3 nitrogen and oxygen atoms in total. The highest BCUT2D eigenvalue weighted by Crippen LogP contribution is 2.31. The molecule has 2 aromatic rings. The van der Waals surface area contributed by atoms with Crippen molar-refractivity contribution in [2.24, 2.45) is 0 Å². The van der Waals surface area contributed by atoms with Crippen LogP contribution >= 0.6 is 11.3 Å². The summed E-state index contributed by atoms with van der Waals surface area (Å²) in [6.45, 7) is 4.54. The van der Waals surface area contributed by atoms with Crippen molar-refractivity contribution >= 4 is 27.4 Å². The summed E-state index contributed by atoms with van der Waals surface area (Å²) >= 11 is 1.47. The van der Waals surface area contributed by atoms with Crippen LogP contribution < -0.4 is 0 Å². The Kier molecular flexibility index (Phi) is 5.15. The highest BCUT2D eigenvalue weighted by atomic mass is 32.1. The Morgan fingerprint density at radius 2 is 2.15 bits per heavy atom. The van der Waals surface area contributed by atoms with Crippen LogP contribution in [0.4, 0.5) is 0 Å². The van der Waals surface area contributed by atoms with Crippen LogP contribution in [0.5, 0.6) is 0 Å². The third-order valence-electron chi connectivity index (χ3n) is 3.46. The third-order valence-corrected chi connectivity index (χ3v) is 4.54. The van der Waals surface area contributed by atoms with Crippen molar-refractivity contribution in [3.63, 3.8) is 0 Å². The van der Waals surface area contributed by atoms with Crippen molar-refractivity contribution in [1.82, 2.24) is 0 Å². The number of fused-ring (bicyclic) bond motifs is 1. The summed E-state index contributed by atoms with van der Waals surface area (Å²) in [5, 5.41) is 10.2. The number of hydrogen-bond donors (Lipinski definition) is 1. The van der Waals surface area contributed by atoms with Gasteiger partial charge in [-0.25, -0.2) is 4.79 Å². The van der Waals surface area contributed by atoms with Crippen LogP contribution in [0.2, 0.25) is 0 Å². The van der Waals surface area contributed by atoms with Gasteiger partial charge in [0.15, 0.2) is 0 Å². The van der Waals surface area contributed by atoms with Crippen LogP contribution in [-0.2, 0) is 4.74 Å². The smallest absolute Gasteiger partial charge is 0.348 e. The molecule has 20 heavy (non-hydrogen) atoms. The minimum Gasteiger partial charge on any atom is -0.462 e. The van der Waals surface area contributed by atoms with Gasteiger partial charge in [0.05, 0.1) is 6.61 Å². The second kappa shape index (κ2) is 6.86. The Labute approximate surface area is 123 Å². The number of carbonyl (C=O) groups is 1. The molecule has 2 rings (SSSR count). The monoisotopic (exact) mass is 292 g/mol. The van der Waals surface area contributed by atoms with Crippen LogP contribution in [-0.4, -0.2) is 24.3 Å². The summed E-state index contributed by atoms with van der Waals surface area (Å²) in [6.07, 6.45) is 1.78. The van der Waals surface area contributed by atoms with Gasteiger partial charge in [0.2, 0.25) is 0 Å². The normalized spacial score (nSPS) is 12.6. The van der Waals surface area contributed by atoms with Crippen LogP contribution in [0.1, 0.15) is 47.8 Å². The molecule has 1 aromatic heterocycles. The minimum atomic E-state index is -0.252. The molecule has 0 bridgehead atoms. The fraction of sp³-hybridized carbons (Fsp3) is 0.438. The first-order valence-corrected chi connectivity index (χ1v) is 7.82. The Balaban J connectivity index is 2.31. The first kappa shape index (κ1) is 15.0. The Morgan fingerprint density at radius 1 is 1.35 bits per heavy atom. The lowest BCUT2D eigenvalue weighted by molar-refractivity contribution is 0.0532. The van der Waals surface area contributed by atoms with E-state index in [1.54, 1.807) is 0 Å². The highest BCUT2D eigenvalue weighted by molar-refractivity contribution is 7.20. The maximum absolute atomic E-state index is 11.7. The number of thiophene rings is 1. The zero-order chi connectivity index (χ0) is 14.5. The third kappa shape index (κ3) is 3.19. The van der Waals surface area contributed by atoms with Crippen molar-refractivity contribution in [3.8, 4) is 0 Å². The zero-order valence-corrected chi connectivity index (χ0v) is 12.7. The molecule has 0 radical (unpaired) electrons. The fourth-order valence-corrected chi connectivity index (χ4v) is 3.37. The number of hydrogen-bond acceptors (Lipinski definition) is 4. The van der Waals surface area contributed by atoms with Crippen LogP contribution in [0, 0.1) is 0 Å². The average Bonchev–Trinajstić information content (AvgIpc) is 2.88. The molecule has 1 aromatic carbocycles. The first-order valence-electron chi connectivity index (χ1n) is 7.01. The number of esters is 1. The summed E-state index contributed by atoms with van der Waals surface area (Å²) in [5.74, 6) is 0.121. The molecule has 1 heterocycles. The first-order chi connectivity index (χ1) is 9.69. The molecule has 0 aliphatic carbocycles. The largest absolute Gasteiger partial charge is 0.462 e. The van der Waals surface area contributed by atoms with Gasteiger partial charge < -0.3 is 9.84 Å². The molecule has 0 spiro atoms. The van der Waals surface area contributed by atoms with E-state index in [2.05, 4.69) is 19.1 Å². The SMILES string of the molecule is CCOC(=O)c1cc2ccc(C(CC)CCO)cc2s1. The number of aliphatic hydroxyl groups excluding tert-OH is 1. The molecule has 0 amide bonds. The molecule has 4 heteroatoms. The standard InChI is InChI=1S/C16H20O3S/c1-3-11(7-8-17)12-5-6-13-10-15(16(18)19-4-2)20-14(13)9-12/h5-6,9-11,17H,3-4,7-8H2,1-2H3. The van der Waals surface area contributed by atoms with Crippen molar-refractivity contribution in [1.29, 1.82) is 0 Å². The Hall–Kier alpha value is -1.39. The second-order valence-electron chi connectivity index (χ2n) is 4.75. The maximum atomic E-state index is 11.7. The predicted molar refractivity (Wildman–Crippen MR) is 82.5 cm³/mol. The van der Waals surface area contributed by atoms with E-state index in [0.29, 0.717) is 17.4 Å². The van der Waals surface area contributed by atoms with E-state index in [1.165, 1.54) is 16.9 Å². The summed E-state index contributed by atoms with van der Waals surface area (Å²) in [5.41, 5.74) is 1.23. The van der Waals surface area contributed by atoms with Crippen molar-refractivity contribution in [3.05, 3.63) is 34.7 Å². The minimum absolute atomic E-state index is 0.203. The van der Waals surface area contributed by atoms with Crippen molar-refractivity contribution < 1.29 is 14.6 Å². The van der Waals surface area contributed by atoms with Crippen molar-refractivity contribution in [2.75, 3.05) is 13.2 Å². The molecule has 1 N–H and O–H groups in total. The molecule has 1 unspecified atom stereocenters. The molecule has 0 aliphatic rings. The van der Waals surface area contributed by atoms with E-state index < -0.39 is 0 Å². The topological polar surface area (TPSA) is 46.5 Å². The fourth-order valence-electron chi connectivity index (χ4n) is 2.37. The molecule has 1 atom stereocenters. The van der Waals surface area contributed by atoms with Gasteiger partial charge in [-0.2, -0.15) is 0 Å². The lowest BCUT2D eigenvalue weighted by Gasteiger charge is -2.13. The van der Waals surface area contributed by atoms with E-state index in [-0.39, 0.29) is 12.6 Å². The van der Waals surface area contributed by atoms with Gasteiger partial charge in [0.25, 0.3) is 0 Å². The summed E-state index contributed by atoms with van der Waals surface area (Å²) in [4.78, 5) is 12.4. The van der Waals surface area contributed by atoms with Gasteiger partial charge in [-0.1, -0.05) is 19.1 Å². The summed E-state index contributed by atoms with van der Waals surface area (Å²) in [7, 11) is 0. The average molecular weight is 292 g/mol. The van der Waals surface area contributed by atoms with Gasteiger partial charge >= 0.3 is 5.97 Å². The van der Waals surface area contributed by atoms with Gasteiger partial charge in [0.1, 0.15) is 4.88 Å². The number of rotatable bonds is 6. The van der Waals surface area contributed by atoms with Gasteiger partial charge in [-0.3, -0.25) is 0 Å². The molecule has 0 fully saturated rings. The molecule has 108 valence electrons. The quantitative estimate of drug-likeness (QED) is 0.820.